The highest BCUT2D eigenvalue weighted by Gasteiger charge is 2.33. The van der Waals surface area contributed by atoms with Crippen LogP contribution in [0.4, 0.5) is 18.9 Å². The van der Waals surface area contributed by atoms with E-state index in [9.17, 15) is 13.2 Å². The minimum Gasteiger partial charge on any atom is -0.257 e. The summed E-state index contributed by atoms with van der Waals surface area (Å²) in [5, 5.41) is 6.34. The number of hydrogen-bond acceptors (Lipinski definition) is 2. The highest BCUT2D eigenvalue weighted by Crippen LogP contribution is 2.38. The number of halogens is 3. The van der Waals surface area contributed by atoms with E-state index < -0.39 is 11.7 Å². The molecule has 0 spiro atoms. The van der Waals surface area contributed by atoms with Gasteiger partial charge in [-0.25, -0.2) is 0 Å². The minimum absolute atomic E-state index is 0.157. The van der Waals surface area contributed by atoms with Crippen LogP contribution in [0.2, 0.25) is 0 Å². The van der Waals surface area contributed by atoms with Crippen LogP contribution in [0.5, 0.6) is 0 Å². The summed E-state index contributed by atoms with van der Waals surface area (Å²) < 4.78 is 39.6. The number of rotatable bonds is 4. The predicted octanol–water partition coefficient (Wildman–Crippen LogP) is 6.73. The largest absolute Gasteiger partial charge is 0.416 e. The standard InChI is InChI=1S/C24H19F3N2/c25-24(26,27)20-12-7-13-22(16-20)29-23(19-10-5-2-6-11-19)17-21(28-29)15-14-18-8-3-1-4-9-18/h1-16,23H,17H2. The number of hydrogen-bond donors (Lipinski definition) is 0. The van der Waals surface area contributed by atoms with Gasteiger partial charge in [0.05, 0.1) is 23.0 Å². The van der Waals surface area contributed by atoms with Crippen LogP contribution in [0, 0.1) is 0 Å². The summed E-state index contributed by atoms with van der Waals surface area (Å²) in [4.78, 5) is 0. The van der Waals surface area contributed by atoms with E-state index in [2.05, 4.69) is 5.10 Å². The van der Waals surface area contributed by atoms with Gasteiger partial charge in [0.1, 0.15) is 0 Å². The Bertz CT molecular complexity index is 1020. The molecule has 3 aromatic carbocycles. The molecule has 2 nitrogen and oxygen atoms in total. The summed E-state index contributed by atoms with van der Waals surface area (Å²) in [7, 11) is 0. The quantitative estimate of drug-likeness (QED) is 0.481. The molecule has 0 aliphatic carbocycles. The zero-order valence-corrected chi connectivity index (χ0v) is 15.6. The van der Waals surface area contributed by atoms with E-state index in [1.54, 1.807) is 11.1 Å². The van der Waals surface area contributed by atoms with Crippen molar-refractivity contribution in [2.24, 2.45) is 5.10 Å². The Morgan fingerprint density at radius 1 is 0.828 bits per heavy atom. The van der Waals surface area contributed by atoms with E-state index in [0.29, 0.717) is 12.1 Å². The topological polar surface area (TPSA) is 15.6 Å². The van der Waals surface area contributed by atoms with Crippen molar-refractivity contribution in [3.8, 4) is 0 Å². The van der Waals surface area contributed by atoms with Gasteiger partial charge in [-0.05, 0) is 35.4 Å². The summed E-state index contributed by atoms with van der Waals surface area (Å²) in [5.74, 6) is 0. The van der Waals surface area contributed by atoms with Gasteiger partial charge in [-0.3, -0.25) is 5.01 Å². The van der Waals surface area contributed by atoms with Gasteiger partial charge in [0.15, 0.2) is 0 Å². The fourth-order valence-electron chi connectivity index (χ4n) is 3.39. The molecule has 0 N–H and O–H groups in total. The maximum Gasteiger partial charge on any atom is 0.416 e. The number of hydrazone groups is 1. The van der Waals surface area contributed by atoms with Gasteiger partial charge < -0.3 is 0 Å². The second-order valence-electron chi connectivity index (χ2n) is 6.86. The van der Waals surface area contributed by atoms with Gasteiger partial charge >= 0.3 is 6.18 Å². The van der Waals surface area contributed by atoms with Crippen molar-refractivity contribution < 1.29 is 13.2 Å². The lowest BCUT2D eigenvalue weighted by Crippen LogP contribution is -2.19. The van der Waals surface area contributed by atoms with Crippen molar-refractivity contribution in [2.75, 3.05) is 5.01 Å². The number of allylic oxidation sites excluding steroid dienone is 1. The molecular weight excluding hydrogens is 373 g/mol. The molecule has 0 fully saturated rings. The van der Waals surface area contributed by atoms with Crippen LogP contribution in [0.25, 0.3) is 6.08 Å². The van der Waals surface area contributed by atoms with Crippen molar-refractivity contribution in [1.29, 1.82) is 0 Å². The molecule has 1 unspecified atom stereocenters. The fraction of sp³-hybridized carbons (Fsp3) is 0.125. The summed E-state index contributed by atoms with van der Waals surface area (Å²) in [5.41, 5.74) is 2.63. The molecule has 29 heavy (non-hydrogen) atoms. The van der Waals surface area contributed by atoms with Crippen LogP contribution in [-0.4, -0.2) is 5.71 Å². The molecule has 0 aromatic heterocycles. The van der Waals surface area contributed by atoms with Gasteiger partial charge in [0.2, 0.25) is 0 Å². The Kier molecular flexibility index (Phi) is 5.21. The van der Waals surface area contributed by atoms with Crippen LogP contribution in [0.15, 0.2) is 96.1 Å². The van der Waals surface area contributed by atoms with Crippen molar-refractivity contribution in [2.45, 2.75) is 18.6 Å². The number of alkyl halides is 3. The van der Waals surface area contributed by atoms with Gasteiger partial charge in [0, 0.05) is 6.42 Å². The number of anilines is 1. The Morgan fingerprint density at radius 3 is 2.21 bits per heavy atom. The summed E-state index contributed by atoms with van der Waals surface area (Å²) in [6.45, 7) is 0. The SMILES string of the molecule is FC(F)(F)c1cccc(N2N=C(C=Cc3ccccc3)CC2c2ccccc2)c1. The normalized spacial score (nSPS) is 17.0. The maximum atomic E-state index is 13.2. The second-order valence-corrected chi connectivity index (χ2v) is 6.86. The molecular formula is C24H19F3N2. The highest BCUT2D eigenvalue weighted by molar-refractivity contribution is 6.01. The Morgan fingerprint density at radius 2 is 1.52 bits per heavy atom. The third-order valence-corrected chi connectivity index (χ3v) is 4.82. The first-order valence-corrected chi connectivity index (χ1v) is 9.33. The van der Waals surface area contributed by atoms with Crippen LogP contribution in [-0.2, 0) is 6.18 Å². The Hall–Kier alpha value is -3.34. The molecule has 0 amide bonds. The van der Waals surface area contributed by atoms with Gasteiger partial charge in [-0.2, -0.15) is 18.3 Å². The zero-order valence-electron chi connectivity index (χ0n) is 15.6. The van der Waals surface area contributed by atoms with Crippen molar-refractivity contribution in [3.05, 3.63) is 108 Å². The molecule has 1 heterocycles. The van der Waals surface area contributed by atoms with Crippen molar-refractivity contribution in [3.63, 3.8) is 0 Å². The minimum atomic E-state index is -4.39. The second kappa shape index (κ2) is 7.95. The molecule has 5 heteroatoms. The number of nitrogens with zero attached hydrogens (tertiary/aromatic N) is 2. The summed E-state index contributed by atoms with van der Waals surface area (Å²) >= 11 is 0. The molecule has 1 aliphatic heterocycles. The third-order valence-electron chi connectivity index (χ3n) is 4.82. The van der Waals surface area contributed by atoms with Crippen molar-refractivity contribution in [1.82, 2.24) is 0 Å². The first-order valence-electron chi connectivity index (χ1n) is 9.33. The lowest BCUT2D eigenvalue weighted by atomic mass is 10.0. The van der Waals surface area contributed by atoms with E-state index in [1.807, 2.05) is 72.8 Å². The molecule has 1 aliphatic rings. The van der Waals surface area contributed by atoms with E-state index in [1.165, 1.54) is 6.07 Å². The van der Waals surface area contributed by atoms with Crippen LogP contribution >= 0.6 is 0 Å². The molecule has 0 radical (unpaired) electrons. The molecule has 4 rings (SSSR count). The van der Waals surface area contributed by atoms with Crippen LogP contribution in [0.1, 0.15) is 29.2 Å². The summed E-state index contributed by atoms with van der Waals surface area (Å²) in [6.07, 6.45) is 0.122. The molecule has 0 saturated carbocycles. The van der Waals surface area contributed by atoms with Gasteiger partial charge in [-0.1, -0.05) is 72.8 Å². The molecule has 3 aromatic rings. The smallest absolute Gasteiger partial charge is 0.257 e. The van der Waals surface area contributed by atoms with E-state index in [-0.39, 0.29) is 6.04 Å². The van der Waals surface area contributed by atoms with E-state index in [0.717, 1.165) is 29.0 Å². The van der Waals surface area contributed by atoms with Crippen molar-refractivity contribution >= 4 is 17.5 Å². The molecule has 146 valence electrons. The lowest BCUT2D eigenvalue weighted by Gasteiger charge is -2.24. The number of benzene rings is 3. The van der Waals surface area contributed by atoms with Crippen LogP contribution < -0.4 is 5.01 Å². The Balaban J connectivity index is 1.69. The molecule has 0 saturated heterocycles. The highest BCUT2D eigenvalue weighted by atomic mass is 19.4. The fourth-order valence-corrected chi connectivity index (χ4v) is 3.39. The van der Waals surface area contributed by atoms with E-state index >= 15 is 0 Å². The molecule has 0 bridgehead atoms. The predicted molar refractivity (Wildman–Crippen MR) is 111 cm³/mol. The average Bonchev–Trinajstić information content (AvgIpc) is 3.18. The molecule has 1 atom stereocenters. The van der Waals surface area contributed by atoms with Gasteiger partial charge in [-0.15, -0.1) is 0 Å². The third kappa shape index (κ3) is 4.40. The monoisotopic (exact) mass is 392 g/mol. The average molecular weight is 392 g/mol. The first-order chi connectivity index (χ1) is 14.0. The van der Waals surface area contributed by atoms with Gasteiger partial charge in [0.25, 0.3) is 0 Å². The Labute approximate surface area is 167 Å². The maximum absolute atomic E-state index is 13.2. The van der Waals surface area contributed by atoms with Crippen LogP contribution in [0.3, 0.4) is 0 Å². The summed E-state index contributed by atoms with van der Waals surface area (Å²) in [6, 6.07) is 24.7. The first kappa shape index (κ1) is 19.0. The zero-order chi connectivity index (χ0) is 20.3. The lowest BCUT2D eigenvalue weighted by molar-refractivity contribution is -0.137. The van der Waals surface area contributed by atoms with E-state index in [4.69, 9.17) is 0 Å².